The van der Waals surface area contributed by atoms with Crippen LogP contribution in [0.4, 0.5) is 11.4 Å². The number of allylic oxidation sites excluding steroid dienone is 1. The smallest absolute Gasteiger partial charge is 0.220 e. The van der Waals surface area contributed by atoms with Crippen LogP contribution in [0, 0.1) is 11.3 Å². The number of nitrogens with zero attached hydrogens (tertiary/aromatic N) is 3. The molecule has 0 fully saturated rings. The van der Waals surface area contributed by atoms with E-state index in [1.165, 1.54) is 7.11 Å². The Bertz CT molecular complexity index is 1070. The average Bonchev–Trinajstić information content (AvgIpc) is 3.07. The van der Waals surface area contributed by atoms with Crippen molar-refractivity contribution in [3.8, 4) is 17.6 Å². The normalized spacial score (nSPS) is 12.2. The minimum atomic E-state index is -0.372. The lowest BCUT2D eigenvalue weighted by molar-refractivity contribution is -0.124. The molecule has 0 aliphatic carbocycles. The number of ketones is 1. The van der Waals surface area contributed by atoms with E-state index in [1.54, 1.807) is 13.2 Å². The van der Waals surface area contributed by atoms with Crippen molar-refractivity contribution in [2.24, 2.45) is 0 Å². The highest BCUT2D eigenvalue weighted by Crippen LogP contribution is 2.40. The third kappa shape index (κ3) is 4.37. The van der Waals surface area contributed by atoms with Gasteiger partial charge in [0.15, 0.2) is 17.3 Å². The lowest BCUT2D eigenvalue weighted by atomic mass is 10.1. The van der Waals surface area contributed by atoms with Gasteiger partial charge in [-0.25, -0.2) is 0 Å². The maximum absolute atomic E-state index is 12.8. The van der Waals surface area contributed by atoms with Gasteiger partial charge in [0, 0.05) is 39.0 Å². The van der Waals surface area contributed by atoms with E-state index in [2.05, 4.69) is 5.32 Å². The fourth-order valence-electron chi connectivity index (χ4n) is 3.78. The lowest BCUT2D eigenvalue weighted by Gasteiger charge is -2.19. The maximum atomic E-state index is 12.8. The number of rotatable bonds is 8. The van der Waals surface area contributed by atoms with E-state index >= 15 is 0 Å². The Morgan fingerprint density at radius 3 is 2.19 bits per heavy atom. The number of para-hydroxylation sites is 3. The number of nitriles is 1. The van der Waals surface area contributed by atoms with E-state index in [-0.39, 0.29) is 36.6 Å². The molecule has 0 radical (unpaired) electrons. The third-order valence-corrected chi connectivity index (χ3v) is 5.39. The predicted octanol–water partition coefficient (Wildman–Crippen LogP) is 2.99. The molecule has 1 heterocycles. The predicted molar refractivity (Wildman–Crippen MR) is 122 cm³/mol. The van der Waals surface area contributed by atoms with Crippen molar-refractivity contribution in [3.05, 3.63) is 59.4 Å². The summed E-state index contributed by atoms with van der Waals surface area (Å²) in [5.74, 6) is 0.977. The van der Waals surface area contributed by atoms with Crippen LogP contribution < -0.4 is 24.6 Å². The van der Waals surface area contributed by atoms with E-state index < -0.39 is 0 Å². The minimum absolute atomic E-state index is 0.0239. The van der Waals surface area contributed by atoms with Gasteiger partial charge in [-0.3, -0.25) is 9.59 Å². The number of Topliss-reactive ketones (excluding diaryl/α,β-unsaturated/α-hetero) is 1. The van der Waals surface area contributed by atoms with E-state index in [0.29, 0.717) is 17.3 Å². The van der Waals surface area contributed by atoms with Crippen LogP contribution in [-0.2, 0) is 16.1 Å². The molecular weight excluding hydrogens is 408 g/mol. The number of carbonyl (C=O) groups excluding carboxylic acids is 2. The highest BCUT2D eigenvalue weighted by Gasteiger charge is 2.31. The van der Waals surface area contributed by atoms with Crippen molar-refractivity contribution in [2.45, 2.75) is 19.4 Å². The zero-order valence-electron chi connectivity index (χ0n) is 18.6. The second kappa shape index (κ2) is 9.88. The highest BCUT2D eigenvalue weighted by molar-refractivity contribution is 6.03. The Morgan fingerprint density at radius 1 is 0.969 bits per heavy atom. The molecule has 8 nitrogen and oxygen atoms in total. The van der Waals surface area contributed by atoms with Crippen LogP contribution in [0.5, 0.6) is 11.5 Å². The standard InChI is InChI=1S/C24H26N4O4/c1-27-18-9-5-6-10-19(18)28(2)24(27)17(14-25)20(29)12-13-22(30)26-15-16-8-7-11-21(31-3)23(16)32-4/h5-11H,12-13,15H2,1-4H3,(H,26,30). The Labute approximate surface area is 187 Å². The van der Waals surface area contributed by atoms with Crippen LogP contribution in [0.2, 0.25) is 0 Å². The molecule has 2 aromatic rings. The number of ether oxygens (including phenoxy) is 2. The molecule has 1 aliphatic rings. The van der Waals surface area contributed by atoms with Gasteiger partial charge in [-0.05, 0) is 18.2 Å². The zero-order valence-corrected chi connectivity index (χ0v) is 18.6. The number of hydrogen-bond donors (Lipinski definition) is 1. The molecule has 3 rings (SSSR count). The van der Waals surface area contributed by atoms with Crippen LogP contribution in [0.3, 0.4) is 0 Å². The summed E-state index contributed by atoms with van der Waals surface area (Å²) in [4.78, 5) is 28.8. The van der Waals surface area contributed by atoms with Gasteiger partial charge in [-0.15, -0.1) is 0 Å². The first kappa shape index (κ1) is 22.7. The second-order valence-electron chi connectivity index (χ2n) is 7.27. The minimum Gasteiger partial charge on any atom is -0.493 e. The number of anilines is 2. The first-order valence-electron chi connectivity index (χ1n) is 10.1. The Hall–Kier alpha value is -3.99. The summed E-state index contributed by atoms with van der Waals surface area (Å²) in [6, 6.07) is 15.1. The third-order valence-electron chi connectivity index (χ3n) is 5.39. The lowest BCUT2D eigenvalue weighted by Crippen LogP contribution is -2.27. The molecule has 0 unspecified atom stereocenters. The molecule has 166 valence electrons. The number of benzene rings is 2. The van der Waals surface area contributed by atoms with Gasteiger partial charge < -0.3 is 24.6 Å². The van der Waals surface area contributed by atoms with Crippen molar-refractivity contribution in [1.29, 1.82) is 5.26 Å². The van der Waals surface area contributed by atoms with Gasteiger partial charge in [0.25, 0.3) is 0 Å². The summed E-state index contributed by atoms with van der Waals surface area (Å²) >= 11 is 0. The van der Waals surface area contributed by atoms with Crippen LogP contribution in [0.25, 0.3) is 0 Å². The molecule has 0 saturated heterocycles. The molecule has 0 spiro atoms. The van der Waals surface area contributed by atoms with Crippen LogP contribution in [-0.4, -0.2) is 40.0 Å². The number of nitrogens with one attached hydrogen (secondary N) is 1. The van der Waals surface area contributed by atoms with Crippen LogP contribution >= 0.6 is 0 Å². The molecule has 0 atom stereocenters. The van der Waals surface area contributed by atoms with Gasteiger partial charge in [-0.2, -0.15) is 5.26 Å². The zero-order chi connectivity index (χ0) is 23.3. The largest absolute Gasteiger partial charge is 0.493 e. The summed E-state index contributed by atoms with van der Waals surface area (Å²) < 4.78 is 10.6. The SMILES string of the molecule is COc1cccc(CNC(=O)CCC(=O)C(C#N)=C2N(C)c3ccccc3N2C)c1OC. The Morgan fingerprint density at radius 2 is 1.62 bits per heavy atom. The number of fused-ring (bicyclic) bond motifs is 1. The monoisotopic (exact) mass is 434 g/mol. The Balaban J connectivity index is 1.65. The van der Waals surface area contributed by atoms with E-state index in [4.69, 9.17) is 9.47 Å². The molecule has 8 heteroatoms. The molecule has 0 bridgehead atoms. The number of carbonyl (C=O) groups is 2. The van der Waals surface area contributed by atoms with Crippen molar-refractivity contribution in [2.75, 3.05) is 38.1 Å². The van der Waals surface area contributed by atoms with Crippen LogP contribution in [0.15, 0.2) is 53.9 Å². The Kier molecular flexibility index (Phi) is 7.00. The van der Waals surface area contributed by atoms with Gasteiger partial charge in [-0.1, -0.05) is 24.3 Å². The van der Waals surface area contributed by atoms with Gasteiger partial charge in [0.1, 0.15) is 17.5 Å². The van der Waals surface area contributed by atoms with E-state index in [1.807, 2.05) is 66.4 Å². The molecule has 32 heavy (non-hydrogen) atoms. The van der Waals surface area contributed by atoms with Gasteiger partial charge >= 0.3 is 0 Å². The summed E-state index contributed by atoms with van der Waals surface area (Å²) in [6.07, 6.45) is -0.0878. The quantitative estimate of drug-likeness (QED) is 0.504. The molecule has 2 aromatic carbocycles. The summed E-state index contributed by atoms with van der Waals surface area (Å²) in [5, 5.41) is 12.5. The first-order valence-corrected chi connectivity index (χ1v) is 10.1. The van der Waals surface area contributed by atoms with E-state index in [9.17, 15) is 14.9 Å². The van der Waals surface area contributed by atoms with Crippen LogP contribution in [0.1, 0.15) is 18.4 Å². The highest BCUT2D eigenvalue weighted by atomic mass is 16.5. The number of methoxy groups -OCH3 is 2. The van der Waals surface area contributed by atoms with E-state index in [0.717, 1.165) is 16.9 Å². The summed E-state index contributed by atoms with van der Waals surface area (Å²) in [6.45, 7) is 0.236. The van der Waals surface area contributed by atoms with Gasteiger partial charge in [0.2, 0.25) is 5.91 Å². The fourth-order valence-corrected chi connectivity index (χ4v) is 3.78. The molecule has 0 aromatic heterocycles. The summed E-state index contributed by atoms with van der Waals surface area (Å²) in [7, 11) is 6.71. The fraction of sp³-hybridized carbons (Fsp3) is 0.292. The maximum Gasteiger partial charge on any atom is 0.220 e. The molecule has 1 aliphatic heterocycles. The van der Waals surface area contributed by atoms with Gasteiger partial charge in [0.05, 0.1) is 25.6 Å². The molecule has 1 amide bonds. The molecule has 0 saturated carbocycles. The summed E-state index contributed by atoms with van der Waals surface area (Å²) in [5.41, 5.74) is 2.62. The van der Waals surface area contributed by atoms with Crippen molar-refractivity contribution in [3.63, 3.8) is 0 Å². The topological polar surface area (TPSA) is 94.9 Å². The number of amides is 1. The molecular formula is C24H26N4O4. The number of hydrogen-bond acceptors (Lipinski definition) is 7. The van der Waals surface area contributed by atoms with Crippen molar-refractivity contribution >= 4 is 23.1 Å². The second-order valence-corrected chi connectivity index (χ2v) is 7.27. The van der Waals surface area contributed by atoms with Crippen molar-refractivity contribution < 1.29 is 19.1 Å². The average molecular weight is 434 g/mol. The molecule has 1 N–H and O–H groups in total. The first-order chi connectivity index (χ1) is 15.4. The van der Waals surface area contributed by atoms with Crippen molar-refractivity contribution in [1.82, 2.24) is 5.32 Å².